The Hall–Kier alpha value is -1.28. The number of aliphatic hydroxyl groups excluding tert-OH is 1. The molecule has 3 saturated heterocycles. The van der Waals surface area contributed by atoms with Crippen LogP contribution in [0.15, 0.2) is 0 Å². The molecule has 2 bridgehead atoms. The van der Waals surface area contributed by atoms with E-state index in [-0.39, 0.29) is 29.1 Å². The van der Waals surface area contributed by atoms with E-state index >= 15 is 0 Å². The Morgan fingerprint density at radius 2 is 2.00 bits per heavy atom. The van der Waals surface area contributed by atoms with Gasteiger partial charge in [0.2, 0.25) is 17.7 Å². The van der Waals surface area contributed by atoms with Crippen molar-refractivity contribution in [2.24, 2.45) is 11.8 Å². The van der Waals surface area contributed by atoms with Crippen molar-refractivity contribution in [1.29, 1.82) is 0 Å². The van der Waals surface area contributed by atoms with Crippen molar-refractivity contribution in [3.8, 4) is 0 Å². The smallest absolute Gasteiger partial charge is 0.244 e. The fourth-order valence-corrected chi connectivity index (χ4v) is 7.80. The summed E-state index contributed by atoms with van der Waals surface area (Å²) in [6.07, 6.45) is 5.07. The number of amides is 3. The number of nitrogens with zero attached hydrogens (tertiary/aromatic N) is 1. The molecule has 0 aromatic rings. The van der Waals surface area contributed by atoms with E-state index in [1.54, 1.807) is 23.7 Å². The van der Waals surface area contributed by atoms with Crippen LogP contribution in [-0.2, 0) is 14.4 Å². The van der Waals surface area contributed by atoms with Crippen molar-refractivity contribution >= 4 is 29.5 Å². The van der Waals surface area contributed by atoms with Gasteiger partial charge in [0.15, 0.2) is 0 Å². The molecule has 0 saturated carbocycles. The number of nitrogens with one attached hydrogen (secondary N) is 2. The molecule has 0 aliphatic carbocycles. The summed E-state index contributed by atoms with van der Waals surface area (Å²) in [6.45, 7) is 5.10. The summed E-state index contributed by atoms with van der Waals surface area (Å²) >= 11 is 1.68. The molecular formula is C20H33N3O4S. The summed E-state index contributed by atoms with van der Waals surface area (Å²) < 4.78 is -0.864. The number of fused-ring (bicyclic) bond motifs is 1. The molecule has 7 nitrogen and oxygen atoms in total. The second-order valence-corrected chi connectivity index (χ2v) is 10.3. The van der Waals surface area contributed by atoms with Crippen molar-refractivity contribution in [3.05, 3.63) is 0 Å². The largest absolute Gasteiger partial charge is 0.396 e. The monoisotopic (exact) mass is 411 g/mol. The van der Waals surface area contributed by atoms with E-state index in [1.807, 2.05) is 0 Å². The van der Waals surface area contributed by atoms with Gasteiger partial charge in [-0.15, -0.1) is 11.8 Å². The number of rotatable bonds is 9. The summed E-state index contributed by atoms with van der Waals surface area (Å²) in [7, 11) is 1.61. The molecule has 3 aliphatic heterocycles. The topological polar surface area (TPSA) is 98.7 Å². The number of aliphatic hydroxyl groups is 1. The second-order valence-electron chi connectivity index (χ2n) is 8.45. The van der Waals surface area contributed by atoms with Gasteiger partial charge in [0.05, 0.1) is 16.6 Å². The van der Waals surface area contributed by atoms with E-state index in [0.717, 1.165) is 32.1 Å². The van der Waals surface area contributed by atoms with E-state index in [0.29, 0.717) is 19.5 Å². The summed E-state index contributed by atoms with van der Waals surface area (Å²) in [5.41, 5.74) is 0. The molecule has 2 unspecified atom stereocenters. The van der Waals surface area contributed by atoms with Crippen LogP contribution in [0.3, 0.4) is 0 Å². The Balaban J connectivity index is 1.91. The van der Waals surface area contributed by atoms with Gasteiger partial charge in [-0.1, -0.05) is 19.8 Å². The highest BCUT2D eigenvalue weighted by Crippen LogP contribution is 2.71. The number of likely N-dealkylation sites (tertiary alicyclic amines) is 1. The Morgan fingerprint density at radius 3 is 2.64 bits per heavy atom. The van der Waals surface area contributed by atoms with Crippen LogP contribution in [0.5, 0.6) is 0 Å². The predicted molar refractivity (Wildman–Crippen MR) is 109 cm³/mol. The van der Waals surface area contributed by atoms with Gasteiger partial charge in [-0.05, 0) is 32.6 Å². The number of hydrogen-bond acceptors (Lipinski definition) is 5. The van der Waals surface area contributed by atoms with Crippen LogP contribution in [-0.4, -0.2) is 70.0 Å². The fraction of sp³-hybridized carbons (Fsp3) is 0.850. The Kier molecular flexibility index (Phi) is 6.29. The van der Waals surface area contributed by atoms with Crippen molar-refractivity contribution in [3.63, 3.8) is 0 Å². The zero-order chi connectivity index (χ0) is 20.5. The third-order valence-electron chi connectivity index (χ3n) is 6.69. The van der Waals surface area contributed by atoms with Gasteiger partial charge in [0, 0.05) is 31.5 Å². The molecule has 0 radical (unpaired) electrons. The van der Waals surface area contributed by atoms with Crippen LogP contribution in [0.25, 0.3) is 0 Å². The average Bonchev–Trinajstić information content (AvgIpc) is 3.24. The Labute approximate surface area is 171 Å². The number of carbonyl (C=O) groups is 3. The normalized spacial score (nSPS) is 35.9. The second kappa shape index (κ2) is 8.22. The number of carbonyl (C=O) groups excluding carboxylic acids is 3. The van der Waals surface area contributed by atoms with Gasteiger partial charge in [0.25, 0.3) is 0 Å². The molecule has 0 aromatic heterocycles. The predicted octanol–water partition coefficient (Wildman–Crippen LogP) is 0.903. The molecule has 3 fully saturated rings. The fourth-order valence-electron chi connectivity index (χ4n) is 5.45. The molecule has 3 N–H and O–H groups in total. The highest BCUT2D eigenvalue weighted by atomic mass is 32.2. The molecule has 0 aromatic carbocycles. The summed E-state index contributed by atoms with van der Waals surface area (Å²) in [5.74, 6) is -1.22. The molecule has 5 atom stereocenters. The van der Waals surface area contributed by atoms with Crippen LogP contribution in [0.2, 0.25) is 0 Å². The summed E-state index contributed by atoms with van der Waals surface area (Å²) in [5, 5.41) is 15.1. The van der Waals surface area contributed by atoms with Gasteiger partial charge in [-0.2, -0.15) is 0 Å². The van der Waals surface area contributed by atoms with E-state index < -0.39 is 22.6 Å². The minimum Gasteiger partial charge on any atom is -0.396 e. The lowest BCUT2D eigenvalue weighted by atomic mass is 9.66. The summed E-state index contributed by atoms with van der Waals surface area (Å²) in [4.78, 5) is 41.0. The molecule has 3 heterocycles. The van der Waals surface area contributed by atoms with Crippen molar-refractivity contribution < 1.29 is 19.5 Å². The minimum atomic E-state index is -0.570. The number of unbranched alkanes of at least 4 members (excludes halogenated alkanes) is 2. The first kappa shape index (κ1) is 21.4. The van der Waals surface area contributed by atoms with Gasteiger partial charge in [-0.25, -0.2) is 0 Å². The maximum atomic E-state index is 13.4. The first-order valence-corrected chi connectivity index (χ1v) is 11.3. The maximum Gasteiger partial charge on any atom is 0.244 e. The van der Waals surface area contributed by atoms with Crippen LogP contribution in [0.1, 0.15) is 52.4 Å². The van der Waals surface area contributed by atoms with Gasteiger partial charge in [-0.3, -0.25) is 14.4 Å². The van der Waals surface area contributed by atoms with Crippen LogP contribution in [0.4, 0.5) is 0 Å². The quantitative estimate of drug-likeness (QED) is 0.490. The molecule has 8 heteroatoms. The van der Waals surface area contributed by atoms with E-state index in [4.69, 9.17) is 0 Å². The lowest BCUT2D eigenvalue weighted by molar-refractivity contribution is -0.140. The number of thioether (sulfide) groups is 1. The minimum absolute atomic E-state index is 0.0317. The first-order chi connectivity index (χ1) is 13.4. The summed E-state index contributed by atoms with van der Waals surface area (Å²) in [6, 6.07) is -0.570. The van der Waals surface area contributed by atoms with Crippen LogP contribution < -0.4 is 10.6 Å². The van der Waals surface area contributed by atoms with Gasteiger partial charge < -0.3 is 20.6 Å². The molecule has 3 rings (SSSR count). The molecule has 3 aliphatic rings. The highest BCUT2D eigenvalue weighted by molar-refractivity contribution is 8.02. The van der Waals surface area contributed by atoms with Crippen LogP contribution >= 0.6 is 11.8 Å². The van der Waals surface area contributed by atoms with E-state index in [9.17, 15) is 19.5 Å². The Morgan fingerprint density at radius 1 is 1.25 bits per heavy atom. The third-order valence-corrected chi connectivity index (χ3v) is 8.68. The van der Waals surface area contributed by atoms with Crippen molar-refractivity contribution in [2.45, 2.75) is 67.9 Å². The first-order valence-electron chi connectivity index (χ1n) is 10.5. The molecule has 1 spiro atoms. The van der Waals surface area contributed by atoms with Gasteiger partial charge >= 0.3 is 0 Å². The van der Waals surface area contributed by atoms with Crippen LogP contribution in [0, 0.1) is 11.8 Å². The van der Waals surface area contributed by atoms with E-state index in [1.165, 1.54) is 0 Å². The standard InChI is InChI=1S/C20H33N3O4S/c1-4-5-6-10-22-17(26)15-20-9-8-19(2,28-20)13(16(25)21-3)14(20)18(27)23(15)11-7-12-24/h13-15,24H,4-12H2,1-3H3,(H,21,25)(H,22,26)/t13-,14+,15?,19+,20?/m1/s1. The lowest BCUT2D eigenvalue weighted by Crippen LogP contribution is -2.54. The molecule has 158 valence electrons. The molecule has 28 heavy (non-hydrogen) atoms. The third kappa shape index (κ3) is 3.22. The maximum absolute atomic E-state index is 13.4. The van der Waals surface area contributed by atoms with Crippen molar-refractivity contribution in [1.82, 2.24) is 15.5 Å². The molecular weight excluding hydrogens is 378 g/mol. The molecule has 3 amide bonds. The zero-order valence-electron chi connectivity index (χ0n) is 17.1. The zero-order valence-corrected chi connectivity index (χ0v) is 17.9. The average molecular weight is 412 g/mol. The Bertz CT molecular complexity index is 645. The highest BCUT2D eigenvalue weighted by Gasteiger charge is 2.76. The van der Waals surface area contributed by atoms with Crippen molar-refractivity contribution in [2.75, 3.05) is 26.7 Å². The lowest BCUT2D eigenvalue weighted by Gasteiger charge is -2.34. The number of hydrogen-bond donors (Lipinski definition) is 3. The SMILES string of the molecule is CCCCCNC(=O)C1N(CCCO)C(=O)[C@@H]2[C@H](C(=O)NC)[C@]3(C)CCC12S3. The van der Waals surface area contributed by atoms with E-state index in [2.05, 4.69) is 24.5 Å². The van der Waals surface area contributed by atoms with Gasteiger partial charge in [0.1, 0.15) is 6.04 Å².